The Morgan fingerprint density at radius 3 is 2.69 bits per heavy atom. The number of carboxylic acids is 1. The highest BCUT2D eigenvalue weighted by atomic mass is 16.4. The van der Waals surface area contributed by atoms with Crippen molar-refractivity contribution < 1.29 is 9.90 Å². The minimum absolute atomic E-state index is 0.241. The van der Waals surface area contributed by atoms with Crippen LogP contribution in [0, 0.1) is 11.8 Å². The molecule has 16 heavy (non-hydrogen) atoms. The van der Waals surface area contributed by atoms with Crippen LogP contribution in [0.15, 0.2) is 0 Å². The van der Waals surface area contributed by atoms with E-state index in [1.807, 2.05) is 0 Å². The maximum atomic E-state index is 10.9. The predicted octanol–water partition coefficient (Wildman–Crippen LogP) is 0.485. The summed E-state index contributed by atoms with van der Waals surface area (Å²) < 4.78 is 0. The van der Waals surface area contributed by atoms with Crippen LogP contribution in [0.3, 0.4) is 0 Å². The Kier molecular flexibility index (Phi) is 2.44. The molecule has 1 N–H and O–H groups in total. The Bertz CT molecular complexity index is 299. The molecule has 4 saturated heterocycles. The van der Waals surface area contributed by atoms with Gasteiger partial charge in [-0.2, -0.15) is 0 Å². The van der Waals surface area contributed by atoms with E-state index in [0.29, 0.717) is 12.5 Å². The number of piperidine rings is 3. The second-order valence-electron chi connectivity index (χ2n) is 5.63. The van der Waals surface area contributed by atoms with Gasteiger partial charge in [-0.15, -0.1) is 0 Å². The van der Waals surface area contributed by atoms with Crippen molar-refractivity contribution in [3.63, 3.8) is 0 Å². The molecule has 0 saturated carbocycles. The van der Waals surface area contributed by atoms with Crippen molar-refractivity contribution in [3.8, 4) is 0 Å². The molecule has 0 radical (unpaired) electrons. The molecule has 0 spiro atoms. The number of aliphatic carboxylic acids is 1. The minimum atomic E-state index is -0.653. The zero-order chi connectivity index (χ0) is 11.3. The molecular weight excluding hydrogens is 204 g/mol. The Morgan fingerprint density at radius 1 is 1.38 bits per heavy atom. The van der Waals surface area contributed by atoms with Gasteiger partial charge in [0.2, 0.25) is 0 Å². The highest BCUT2D eigenvalue weighted by molar-refractivity contribution is 5.67. The van der Waals surface area contributed by atoms with Gasteiger partial charge in [-0.25, -0.2) is 0 Å². The van der Waals surface area contributed by atoms with Crippen LogP contribution in [0.25, 0.3) is 0 Å². The van der Waals surface area contributed by atoms with Gasteiger partial charge in [0.25, 0.3) is 0 Å². The van der Waals surface area contributed by atoms with E-state index < -0.39 is 5.97 Å². The van der Waals surface area contributed by atoms with E-state index in [1.165, 1.54) is 25.9 Å². The van der Waals surface area contributed by atoms with E-state index in [4.69, 9.17) is 5.11 Å². The third-order valence-corrected chi connectivity index (χ3v) is 4.88. The Morgan fingerprint density at radius 2 is 2.06 bits per heavy atom. The largest absolute Gasteiger partial charge is 0.481 e. The molecule has 90 valence electrons. The zero-order valence-corrected chi connectivity index (χ0v) is 9.80. The fourth-order valence-corrected chi connectivity index (χ4v) is 4.17. The van der Waals surface area contributed by atoms with Crippen molar-refractivity contribution in [1.82, 2.24) is 9.80 Å². The summed E-state index contributed by atoms with van der Waals surface area (Å²) >= 11 is 0. The molecule has 2 bridgehead atoms. The third-order valence-electron chi connectivity index (χ3n) is 4.88. The first-order chi connectivity index (χ1) is 7.66. The third kappa shape index (κ3) is 1.47. The molecule has 0 amide bonds. The standard InChI is InChI=1S/C12H20N2O2/c1-13-7-9-8-2-4-14(5-3-8)12(9)10(13)6-11(15)16/h8-10,12H,2-7H2,1H3,(H,15,16). The van der Waals surface area contributed by atoms with E-state index >= 15 is 0 Å². The topological polar surface area (TPSA) is 43.8 Å². The maximum Gasteiger partial charge on any atom is 0.304 e. The number of likely N-dealkylation sites (tertiary alicyclic amines) is 1. The molecule has 4 heterocycles. The second kappa shape index (κ2) is 3.70. The molecule has 4 aliphatic heterocycles. The van der Waals surface area contributed by atoms with Gasteiger partial charge in [-0.3, -0.25) is 9.69 Å². The molecule has 0 aromatic carbocycles. The summed E-state index contributed by atoms with van der Waals surface area (Å²) in [6.07, 6.45) is 2.96. The summed E-state index contributed by atoms with van der Waals surface area (Å²) in [5, 5.41) is 9.01. The fourth-order valence-electron chi connectivity index (χ4n) is 4.17. The van der Waals surface area contributed by atoms with Gasteiger partial charge < -0.3 is 10.0 Å². The lowest BCUT2D eigenvalue weighted by Gasteiger charge is -2.49. The normalized spacial score (nSPS) is 46.9. The number of hydrogen-bond acceptors (Lipinski definition) is 3. The van der Waals surface area contributed by atoms with E-state index in [1.54, 1.807) is 0 Å². The monoisotopic (exact) mass is 224 g/mol. The summed E-state index contributed by atoms with van der Waals surface area (Å²) in [5.74, 6) is 0.938. The average molecular weight is 224 g/mol. The lowest BCUT2D eigenvalue weighted by atomic mass is 9.73. The quantitative estimate of drug-likeness (QED) is 0.741. The number of hydrogen-bond donors (Lipinski definition) is 1. The van der Waals surface area contributed by atoms with E-state index in [-0.39, 0.29) is 6.04 Å². The SMILES string of the molecule is CN1CC2C3CCN(CC3)C2C1CC(=O)O. The molecule has 3 unspecified atom stereocenters. The highest BCUT2D eigenvalue weighted by Gasteiger charge is 2.51. The van der Waals surface area contributed by atoms with Crippen molar-refractivity contribution in [3.05, 3.63) is 0 Å². The second-order valence-corrected chi connectivity index (χ2v) is 5.63. The Balaban J connectivity index is 1.82. The van der Waals surface area contributed by atoms with Crippen molar-refractivity contribution in [1.29, 1.82) is 0 Å². The van der Waals surface area contributed by atoms with E-state index in [2.05, 4.69) is 16.8 Å². The van der Waals surface area contributed by atoms with Crippen molar-refractivity contribution in [2.24, 2.45) is 11.8 Å². The summed E-state index contributed by atoms with van der Waals surface area (Å²) in [7, 11) is 2.09. The number of likely N-dealkylation sites (N-methyl/N-ethyl adjacent to an activating group) is 1. The van der Waals surface area contributed by atoms with E-state index in [0.717, 1.165) is 18.4 Å². The first-order valence-electron chi connectivity index (χ1n) is 6.33. The first kappa shape index (κ1) is 10.5. The van der Waals surface area contributed by atoms with Gasteiger partial charge in [0.15, 0.2) is 0 Å². The lowest BCUT2D eigenvalue weighted by Crippen LogP contribution is -2.57. The van der Waals surface area contributed by atoms with Gasteiger partial charge >= 0.3 is 5.97 Å². The van der Waals surface area contributed by atoms with Crippen LogP contribution in [0.4, 0.5) is 0 Å². The highest BCUT2D eigenvalue weighted by Crippen LogP contribution is 2.44. The summed E-state index contributed by atoms with van der Waals surface area (Å²) in [4.78, 5) is 15.8. The Labute approximate surface area is 96.2 Å². The summed E-state index contributed by atoms with van der Waals surface area (Å²) in [6, 6.07) is 0.763. The van der Waals surface area contributed by atoms with Crippen LogP contribution in [0.2, 0.25) is 0 Å². The van der Waals surface area contributed by atoms with E-state index in [9.17, 15) is 4.79 Å². The van der Waals surface area contributed by atoms with Crippen LogP contribution < -0.4 is 0 Å². The molecule has 4 fully saturated rings. The number of fused-ring (bicyclic) bond motifs is 2. The van der Waals surface area contributed by atoms with Gasteiger partial charge in [-0.1, -0.05) is 0 Å². The zero-order valence-electron chi connectivity index (χ0n) is 9.80. The lowest BCUT2D eigenvalue weighted by molar-refractivity contribution is -0.138. The maximum absolute atomic E-state index is 10.9. The number of nitrogens with zero attached hydrogens (tertiary/aromatic N) is 2. The summed E-state index contributed by atoms with van der Waals surface area (Å²) in [5.41, 5.74) is 0. The first-order valence-corrected chi connectivity index (χ1v) is 6.33. The average Bonchev–Trinajstić information content (AvgIpc) is 2.59. The van der Waals surface area contributed by atoms with Gasteiger partial charge in [0.05, 0.1) is 6.42 Å². The number of rotatable bonds is 2. The van der Waals surface area contributed by atoms with Crippen LogP contribution >= 0.6 is 0 Å². The van der Waals surface area contributed by atoms with Crippen molar-refractivity contribution in [2.75, 3.05) is 26.7 Å². The van der Waals surface area contributed by atoms with Crippen LogP contribution in [0.5, 0.6) is 0 Å². The van der Waals surface area contributed by atoms with Gasteiger partial charge in [0, 0.05) is 18.6 Å². The van der Waals surface area contributed by atoms with Crippen molar-refractivity contribution in [2.45, 2.75) is 31.3 Å². The minimum Gasteiger partial charge on any atom is -0.481 e. The van der Waals surface area contributed by atoms with Crippen LogP contribution in [0.1, 0.15) is 19.3 Å². The molecule has 4 aliphatic rings. The van der Waals surface area contributed by atoms with Gasteiger partial charge in [0.1, 0.15) is 0 Å². The fraction of sp³-hybridized carbons (Fsp3) is 0.917. The molecule has 0 aromatic heterocycles. The van der Waals surface area contributed by atoms with Crippen LogP contribution in [-0.4, -0.2) is 59.6 Å². The summed E-state index contributed by atoms with van der Waals surface area (Å²) in [6.45, 7) is 3.48. The van der Waals surface area contributed by atoms with Crippen molar-refractivity contribution >= 4 is 5.97 Å². The molecule has 0 aromatic rings. The molecule has 4 heteroatoms. The molecule has 4 nitrogen and oxygen atoms in total. The molecular formula is C12H20N2O2. The molecule has 3 atom stereocenters. The number of carbonyl (C=O) groups is 1. The van der Waals surface area contributed by atoms with Gasteiger partial charge in [-0.05, 0) is 44.8 Å². The smallest absolute Gasteiger partial charge is 0.304 e. The molecule has 4 rings (SSSR count). The Hall–Kier alpha value is -0.610. The molecule has 0 aliphatic carbocycles. The number of carboxylic acid groups (broad SMARTS) is 1. The predicted molar refractivity (Wildman–Crippen MR) is 60.2 cm³/mol. The van der Waals surface area contributed by atoms with Crippen LogP contribution in [-0.2, 0) is 4.79 Å².